The summed E-state index contributed by atoms with van der Waals surface area (Å²) in [6, 6.07) is 20.8. The fourth-order valence-electron chi connectivity index (χ4n) is 3.12. The summed E-state index contributed by atoms with van der Waals surface area (Å²) >= 11 is 1.63. The Morgan fingerprint density at radius 2 is 1.46 bits per heavy atom. The maximum absolute atomic E-state index is 13.0. The van der Waals surface area contributed by atoms with E-state index in [1.165, 1.54) is 0 Å². The van der Waals surface area contributed by atoms with Crippen LogP contribution in [0, 0.1) is 13.8 Å². The number of fused-ring (bicyclic) bond motifs is 2. The molecule has 1 aliphatic rings. The number of carbonyl (C=O) groups is 2. The molecule has 3 aromatic rings. The molecule has 0 aliphatic carbocycles. The Kier molecular flexibility index (Phi) is 4.92. The highest BCUT2D eigenvalue weighted by molar-refractivity contribution is 7.99. The lowest BCUT2D eigenvalue weighted by molar-refractivity contribution is -0.121. The summed E-state index contributed by atoms with van der Waals surface area (Å²) in [5.74, 6) is -0.776. The van der Waals surface area contributed by atoms with E-state index < -0.39 is 5.97 Å². The Labute approximate surface area is 168 Å². The van der Waals surface area contributed by atoms with Crippen molar-refractivity contribution in [2.45, 2.75) is 23.6 Å². The molecule has 0 unspecified atom stereocenters. The highest BCUT2D eigenvalue weighted by atomic mass is 32.2. The van der Waals surface area contributed by atoms with Crippen molar-refractivity contribution in [1.82, 2.24) is 0 Å². The van der Waals surface area contributed by atoms with Crippen LogP contribution in [0.1, 0.15) is 21.5 Å². The van der Waals surface area contributed by atoms with Crippen LogP contribution >= 0.6 is 11.8 Å². The molecule has 140 valence electrons. The van der Waals surface area contributed by atoms with Crippen LogP contribution in [0.25, 0.3) is 0 Å². The zero-order valence-corrected chi connectivity index (χ0v) is 16.5. The first-order valence-corrected chi connectivity index (χ1v) is 9.79. The number of benzene rings is 3. The van der Waals surface area contributed by atoms with Crippen molar-refractivity contribution in [3.8, 4) is 0 Å². The highest BCUT2D eigenvalue weighted by Crippen LogP contribution is 2.47. The average molecular weight is 389 g/mol. The van der Waals surface area contributed by atoms with Gasteiger partial charge in [0.15, 0.2) is 6.61 Å². The maximum Gasteiger partial charge on any atom is 0.338 e. The van der Waals surface area contributed by atoms with Crippen LogP contribution in [0.5, 0.6) is 0 Å². The van der Waals surface area contributed by atoms with Crippen molar-refractivity contribution in [3.05, 3.63) is 83.4 Å². The summed E-state index contributed by atoms with van der Waals surface area (Å²) in [6.45, 7) is 3.60. The quantitative estimate of drug-likeness (QED) is 0.571. The zero-order valence-electron chi connectivity index (χ0n) is 15.6. The van der Waals surface area contributed by atoms with E-state index in [0.29, 0.717) is 5.56 Å². The monoisotopic (exact) mass is 389 g/mol. The van der Waals surface area contributed by atoms with E-state index in [4.69, 9.17) is 4.74 Å². The zero-order chi connectivity index (χ0) is 19.7. The van der Waals surface area contributed by atoms with Gasteiger partial charge in [0.2, 0.25) is 0 Å². The number of hydrogen-bond acceptors (Lipinski definition) is 4. The number of nitrogens with zero attached hydrogens (tertiary/aromatic N) is 1. The van der Waals surface area contributed by atoms with E-state index in [1.54, 1.807) is 28.8 Å². The second-order valence-electron chi connectivity index (χ2n) is 6.64. The molecule has 1 aliphatic heterocycles. The first-order chi connectivity index (χ1) is 13.5. The van der Waals surface area contributed by atoms with Gasteiger partial charge in [0.1, 0.15) is 0 Å². The van der Waals surface area contributed by atoms with Crippen LogP contribution in [0.15, 0.2) is 76.5 Å². The molecule has 3 aromatic carbocycles. The lowest BCUT2D eigenvalue weighted by Crippen LogP contribution is -2.32. The molecular weight excluding hydrogens is 370 g/mol. The largest absolute Gasteiger partial charge is 0.452 e. The molecule has 0 atom stereocenters. The Bertz CT molecular complexity index is 1030. The Balaban J connectivity index is 1.57. The molecule has 0 fully saturated rings. The summed E-state index contributed by atoms with van der Waals surface area (Å²) in [6.07, 6.45) is 0. The molecule has 0 aromatic heterocycles. The molecule has 0 N–H and O–H groups in total. The SMILES string of the molecule is Cc1ccc(C(=O)OCC(=O)N2c3ccccc3Sc3ccccc32)cc1C. The number of aryl methyl sites for hydroxylation is 2. The number of hydrogen-bond donors (Lipinski definition) is 0. The standard InChI is InChI=1S/C23H19NO3S/c1-15-11-12-17(13-16(15)2)23(26)27-14-22(25)24-18-7-3-5-9-20(18)28-21-10-6-4-8-19(21)24/h3-13H,14H2,1-2H3. The molecule has 1 amide bonds. The molecule has 0 spiro atoms. The number of rotatable bonds is 3. The smallest absolute Gasteiger partial charge is 0.338 e. The summed E-state index contributed by atoms with van der Waals surface area (Å²) in [4.78, 5) is 29.0. The molecule has 1 heterocycles. The molecule has 0 radical (unpaired) electrons. The van der Waals surface area contributed by atoms with Crippen LogP contribution in [-0.2, 0) is 9.53 Å². The van der Waals surface area contributed by atoms with Crippen molar-refractivity contribution in [3.63, 3.8) is 0 Å². The summed E-state index contributed by atoms with van der Waals surface area (Å²) < 4.78 is 5.33. The number of carbonyl (C=O) groups excluding carboxylic acids is 2. The van der Waals surface area contributed by atoms with Gasteiger partial charge >= 0.3 is 5.97 Å². The van der Waals surface area contributed by atoms with Crippen LogP contribution in [0.4, 0.5) is 11.4 Å². The fraction of sp³-hybridized carbons (Fsp3) is 0.130. The number of esters is 1. The first-order valence-electron chi connectivity index (χ1n) is 8.98. The third-order valence-electron chi connectivity index (χ3n) is 4.75. The first kappa shape index (κ1) is 18.3. The highest BCUT2D eigenvalue weighted by Gasteiger charge is 2.28. The van der Waals surface area contributed by atoms with Crippen molar-refractivity contribution >= 4 is 35.0 Å². The normalized spacial score (nSPS) is 12.1. The van der Waals surface area contributed by atoms with Crippen LogP contribution in [0.2, 0.25) is 0 Å². The summed E-state index contributed by atoms with van der Waals surface area (Å²) in [5.41, 5.74) is 4.17. The minimum Gasteiger partial charge on any atom is -0.452 e. The van der Waals surface area contributed by atoms with E-state index in [-0.39, 0.29) is 12.5 Å². The Hall–Kier alpha value is -3.05. The lowest BCUT2D eigenvalue weighted by atomic mass is 10.1. The number of para-hydroxylation sites is 2. The molecule has 28 heavy (non-hydrogen) atoms. The molecule has 0 saturated carbocycles. The lowest BCUT2D eigenvalue weighted by Gasteiger charge is -2.30. The van der Waals surface area contributed by atoms with E-state index >= 15 is 0 Å². The van der Waals surface area contributed by atoms with Gasteiger partial charge in [0, 0.05) is 9.79 Å². The van der Waals surface area contributed by atoms with E-state index in [1.807, 2.05) is 68.4 Å². The molecule has 0 bridgehead atoms. The number of anilines is 2. The Morgan fingerprint density at radius 3 is 2.07 bits per heavy atom. The molecule has 4 rings (SSSR count). The molecule has 4 nitrogen and oxygen atoms in total. The minimum atomic E-state index is -0.496. The molecular formula is C23H19NO3S. The predicted octanol–water partition coefficient (Wildman–Crippen LogP) is 5.29. The second-order valence-corrected chi connectivity index (χ2v) is 7.73. The van der Waals surface area contributed by atoms with Gasteiger partial charge in [-0.15, -0.1) is 0 Å². The number of amides is 1. The van der Waals surface area contributed by atoms with Crippen molar-refractivity contribution in [2.75, 3.05) is 11.5 Å². The van der Waals surface area contributed by atoms with Crippen LogP contribution in [-0.4, -0.2) is 18.5 Å². The van der Waals surface area contributed by atoms with Gasteiger partial charge in [-0.05, 0) is 61.4 Å². The number of ether oxygens (including phenoxy) is 1. The predicted molar refractivity (Wildman–Crippen MR) is 110 cm³/mol. The van der Waals surface area contributed by atoms with Crippen LogP contribution < -0.4 is 4.90 Å². The van der Waals surface area contributed by atoms with Gasteiger partial charge in [0.05, 0.1) is 16.9 Å². The van der Waals surface area contributed by atoms with Crippen LogP contribution in [0.3, 0.4) is 0 Å². The average Bonchev–Trinajstić information content (AvgIpc) is 2.71. The van der Waals surface area contributed by atoms with E-state index in [0.717, 1.165) is 32.3 Å². The van der Waals surface area contributed by atoms with Gasteiger partial charge in [0.25, 0.3) is 5.91 Å². The molecule has 5 heteroatoms. The van der Waals surface area contributed by atoms with Crippen molar-refractivity contribution in [2.24, 2.45) is 0 Å². The minimum absolute atomic E-state index is 0.280. The second kappa shape index (κ2) is 7.52. The Morgan fingerprint density at radius 1 is 0.857 bits per heavy atom. The van der Waals surface area contributed by atoms with E-state index in [2.05, 4.69) is 0 Å². The van der Waals surface area contributed by atoms with Gasteiger partial charge in [-0.2, -0.15) is 0 Å². The fourth-order valence-corrected chi connectivity index (χ4v) is 4.17. The van der Waals surface area contributed by atoms with Gasteiger partial charge in [-0.3, -0.25) is 9.69 Å². The topological polar surface area (TPSA) is 46.6 Å². The summed E-state index contributed by atoms with van der Waals surface area (Å²) in [7, 11) is 0. The third-order valence-corrected chi connectivity index (χ3v) is 5.88. The maximum atomic E-state index is 13.0. The third kappa shape index (κ3) is 3.41. The van der Waals surface area contributed by atoms with Gasteiger partial charge in [-0.25, -0.2) is 4.79 Å². The molecule has 0 saturated heterocycles. The van der Waals surface area contributed by atoms with Crippen molar-refractivity contribution in [1.29, 1.82) is 0 Å². The summed E-state index contributed by atoms with van der Waals surface area (Å²) in [5, 5.41) is 0. The van der Waals surface area contributed by atoms with Gasteiger partial charge < -0.3 is 4.74 Å². The van der Waals surface area contributed by atoms with Crippen molar-refractivity contribution < 1.29 is 14.3 Å². The van der Waals surface area contributed by atoms with Gasteiger partial charge in [-0.1, -0.05) is 42.1 Å². The van der Waals surface area contributed by atoms with E-state index in [9.17, 15) is 9.59 Å².